The first-order valence-electron chi connectivity index (χ1n) is 10.9. The number of fused-ring (bicyclic) bond motifs is 3. The van der Waals surface area contributed by atoms with Gasteiger partial charge in [-0.3, -0.25) is 0 Å². The molecule has 0 radical (unpaired) electrons. The maximum Gasteiger partial charge on any atom is 0.322 e. The van der Waals surface area contributed by atoms with E-state index in [0.29, 0.717) is 18.7 Å². The molecule has 0 saturated carbocycles. The van der Waals surface area contributed by atoms with Crippen molar-refractivity contribution < 1.29 is 9.53 Å². The van der Waals surface area contributed by atoms with Gasteiger partial charge in [0.25, 0.3) is 0 Å². The van der Waals surface area contributed by atoms with Crippen molar-refractivity contribution in [2.75, 3.05) is 18.5 Å². The molecule has 1 saturated heterocycles. The third-order valence-corrected chi connectivity index (χ3v) is 5.98. The van der Waals surface area contributed by atoms with E-state index in [-0.39, 0.29) is 12.1 Å². The van der Waals surface area contributed by atoms with Crippen LogP contribution in [0.3, 0.4) is 0 Å². The number of hydrogen-bond acceptors (Lipinski definition) is 5. The Morgan fingerprint density at radius 2 is 2.09 bits per heavy atom. The Morgan fingerprint density at radius 1 is 1.22 bits per heavy atom. The molecule has 4 aromatic rings. The number of urea groups is 1. The van der Waals surface area contributed by atoms with Crippen molar-refractivity contribution >= 4 is 28.3 Å². The van der Waals surface area contributed by atoms with Crippen LogP contribution in [0.4, 0.5) is 10.5 Å². The van der Waals surface area contributed by atoms with Gasteiger partial charge in [-0.2, -0.15) is 4.52 Å². The average Bonchev–Trinajstić information content (AvgIpc) is 3.47. The first kappa shape index (κ1) is 20.4. The van der Waals surface area contributed by atoms with Gasteiger partial charge in [-0.15, -0.1) is 5.10 Å². The van der Waals surface area contributed by atoms with E-state index in [1.807, 2.05) is 38.1 Å². The van der Waals surface area contributed by atoms with Crippen LogP contribution in [-0.2, 0) is 11.3 Å². The Labute approximate surface area is 186 Å². The number of nitrogens with zero attached hydrogens (tertiary/aromatic N) is 5. The zero-order chi connectivity index (χ0) is 22.1. The summed E-state index contributed by atoms with van der Waals surface area (Å²) in [5.41, 5.74) is 5.46. The van der Waals surface area contributed by atoms with Crippen molar-refractivity contribution in [3.05, 3.63) is 65.2 Å². The number of hydrogen-bond donors (Lipinski definition) is 1. The lowest BCUT2D eigenvalue weighted by molar-refractivity contribution is 0.0820. The van der Waals surface area contributed by atoms with Crippen LogP contribution < -0.4 is 5.32 Å². The maximum absolute atomic E-state index is 13.3. The van der Waals surface area contributed by atoms with Crippen LogP contribution >= 0.6 is 0 Å². The van der Waals surface area contributed by atoms with Crippen LogP contribution in [-0.4, -0.2) is 50.2 Å². The van der Waals surface area contributed by atoms with E-state index in [0.717, 1.165) is 52.7 Å². The number of rotatable bonds is 5. The van der Waals surface area contributed by atoms with Crippen LogP contribution in [0.15, 0.2) is 48.5 Å². The third kappa shape index (κ3) is 4.01. The number of benzene rings is 2. The van der Waals surface area contributed by atoms with E-state index in [1.165, 1.54) is 0 Å². The molecule has 0 bridgehead atoms. The minimum atomic E-state index is -0.163. The van der Waals surface area contributed by atoms with Crippen LogP contribution in [0.5, 0.6) is 0 Å². The number of para-hydroxylation sites is 1. The fourth-order valence-corrected chi connectivity index (χ4v) is 4.24. The molecule has 8 heteroatoms. The van der Waals surface area contributed by atoms with Gasteiger partial charge in [0, 0.05) is 29.8 Å². The lowest BCUT2D eigenvalue weighted by Crippen LogP contribution is -2.40. The largest absolute Gasteiger partial charge is 0.376 e. The van der Waals surface area contributed by atoms with Crippen LogP contribution in [0.2, 0.25) is 0 Å². The molecule has 0 aliphatic carbocycles. The number of carbonyl (C=O) groups excluding carboxylic acids is 1. The highest BCUT2D eigenvalue weighted by atomic mass is 16.5. The van der Waals surface area contributed by atoms with E-state index in [4.69, 9.17) is 4.74 Å². The summed E-state index contributed by atoms with van der Waals surface area (Å²) in [5, 5.41) is 16.4. The molecule has 0 spiro atoms. The summed E-state index contributed by atoms with van der Waals surface area (Å²) < 4.78 is 7.59. The summed E-state index contributed by atoms with van der Waals surface area (Å²) in [7, 11) is 0. The van der Waals surface area contributed by atoms with Gasteiger partial charge in [0.2, 0.25) is 0 Å². The Morgan fingerprint density at radius 3 is 2.91 bits per heavy atom. The highest BCUT2D eigenvalue weighted by molar-refractivity contribution is 5.90. The number of amides is 2. The lowest BCUT2D eigenvalue weighted by atomic mass is 10.1. The molecule has 2 aromatic carbocycles. The number of aryl methyl sites for hydroxylation is 2. The number of aromatic nitrogens is 4. The minimum Gasteiger partial charge on any atom is -0.376 e. The molecule has 8 nitrogen and oxygen atoms in total. The number of anilines is 1. The zero-order valence-electron chi connectivity index (χ0n) is 18.3. The SMILES string of the molecule is Cc1ccc2cc(CN(C[C@@H]3CCCO3)C(=O)Nc3ccccc3C)c3nnnn3c2c1. The normalized spacial score (nSPS) is 16.0. The average molecular weight is 431 g/mol. The number of ether oxygens (including phenoxy) is 1. The molecule has 1 aliphatic heterocycles. The van der Waals surface area contributed by atoms with Gasteiger partial charge in [-0.25, -0.2) is 4.79 Å². The molecule has 1 atom stereocenters. The lowest BCUT2D eigenvalue weighted by Gasteiger charge is -2.26. The van der Waals surface area contributed by atoms with Gasteiger partial charge in [-0.1, -0.05) is 30.3 Å². The summed E-state index contributed by atoms with van der Waals surface area (Å²) in [6.45, 7) is 5.66. The van der Waals surface area contributed by atoms with Gasteiger partial charge in [0.1, 0.15) is 0 Å². The Bertz CT molecular complexity index is 1280. The van der Waals surface area contributed by atoms with Crippen LogP contribution in [0, 0.1) is 13.8 Å². The molecule has 1 fully saturated rings. The van der Waals surface area contributed by atoms with Gasteiger partial charge >= 0.3 is 6.03 Å². The zero-order valence-corrected chi connectivity index (χ0v) is 18.3. The molecule has 2 amide bonds. The summed E-state index contributed by atoms with van der Waals surface area (Å²) in [6, 6.07) is 15.9. The quantitative estimate of drug-likeness (QED) is 0.515. The summed E-state index contributed by atoms with van der Waals surface area (Å²) in [4.78, 5) is 15.1. The molecule has 1 N–H and O–H groups in total. The highest BCUT2D eigenvalue weighted by Gasteiger charge is 2.24. The predicted molar refractivity (Wildman–Crippen MR) is 123 cm³/mol. The topological polar surface area (TPSA) is 84.6 Å². The highest BCUT2D eigenvalue weighted by Crippen LogP contribution is 2.23. The monoisotopic (exact) mass is 430 g/mol. The molecular weight excluding hydrogens is 404 g/mol. The van der Waals surface area contributed by atoms with Crippen molar-refractivity contribution in [2.45, 2.75) is 39.3 Å². The predicted octanol–water partition coefficient (Wildman–Crippen LogP) is 4.11. The first-order chi connectivity index (χ1) is 15.6. The van der Waals surface area contributed by atoms with Gasteiger partial charge in [-0.05, 0) is 66.4 Å². The van der Waals surface area contributed by atoms with E-state index in [2.05, 4.69) is 45.1 Å². The van der Waals surface area contributed by atoms with Crippen LogP contribution in [0.1, 0.15) is 29.5 Å². The van der Waals surface area contributed by atoms with Gasteiger partial charge in [0.15, 0.2) is 5.65 Å². The Hall–Kier alpha value is -3.52. The summed E-state index contributed by atoms with van der Waals surface area (Å²) >= 11 is 0. The number of pyridine rings is 1. The number of nitrogens with one attached hydrogen (secondary N) is 1. The van der Waals surface area contributed by atoms with Gasteiger partial charge < -0.3 is 15.0 Å². The number of tetrazole rings is 1. The molecule has 5 rings (SSSR count). The molecule has 32 heavy (non-hydrogen) atoms. The maximum atomic E-state index is 13.3. The standard InChI is InChI=1S/C24H26N6O2/c1-16-9-10-18-13-19(23-26-27-28-30(23)22(18)12-16)14-29(15-20-7-5-11-32-20)24(31)25-21-8-4-3-6-17(21)2/h3-4,6,8-10,12-13,20H,5,7,11,14-15H2,1-2H3,(H,25,31)/t20-/m0/s1. The molecule has 3 heterocycles. The van der Waals surface area contributed by atoms with Crippen LogP contribution in [0.25, 0.3) is 16.6 Å². The second-order valence-electron chi connectivity index (χ2n) is 8.41. The smallest absolute Gasteiger partial charge is 0.322 e. The number of carbonyl (C=O) groups is 1. The first-order valence-corrected chi connectivity index (χ1v) is 10.9. The molecule has 1 aliphatic rings. The van der Waals surface area contributed by atoms with E-state index >= 15 is 0 Å². The Balaban J connectivity index is 1.49. The van der Waals surface area contributed by atoms with E-state index in [1.54, 1.807) is 9.42 Å². The van der Waals surface area contributed by atoms with E-state index < -0.39 is 0 Å². The van der Waals surface area contributed by atoms with Gasteiger partial charge in [0.05, 0.1) is 18.2 Å². The molecular formula is C24H26N6O2. The second kappa shape index (κ2) is 8.55. The molecule has 164 valence electrons. The fraction of sp³-hybridized carbons (Fsp3) is 0.333. The van der Waals surface area contributed by atoms with Crippen molar-refractivity contribution in [3.8, 4) is 0 Å². The molecule has 0 unspecified atom stereocenters. The van der Waals surface area contributed by atoms with Crippen molar-refractivity contribution in [2.24, 2.45) is 0 Å². The van der Waals surface area contributed by atoms with E-state index in [9.17, 15) is 4.79 Å². The summed E-state index contributed by atoms with van der Waals surface area (Å²) in [6.07, 6.45) is 2.01. The summed E-state index contributed by atoms with van der Waals surface area (Å²) in [5.74, 6) is 0. The minimum absolute atomic E-state index is 0.0349. The van der Waals surface area contributed by atoms with Crippen molar-refractivity contribution in [1.29, 1.82) is 0 Å². The van der Waals surface area contributed by atoms with Crippen molar-refractivity contribution in [1.82, 2.24) is 24.9 Å². The fourth-order valence-electron chi connectivity index (χ4n) is 4.24. The third-order valence-electron chi connectivity index (χ3n) is 5.98. The Kier molecular flexibility index (Phi) is 5.45. The molecule has 2 aromatic heterocycles. The van der Waals surface area contributed by atoms with Crippen molar-refractivity contribution in [3.63, 3.8) is 0 Å². The second-order valence-corrected chi connectivity index (χ2v) is 8.41.